The topological polar surface area (TPSA) is 59.8 Å². The van der Waals surface area contributed by atoms with Crippen LogP contribution in [-0.2, 0) is 6.54 Å². The lowest BCUT2D eigenvalue weighted by Crippen LogP contribution is -2.41. The summed E-state index contributed by atoms with van der Waals surface area (Å²) in [5.74, 6) is 0.256. The molecule has 0 spiro atoms. The number of nitrogens with zero attached hydrogens (tertiary/aromatic N) is 3. The van der Waals surface area contributed by atoms with Gasteiger partial charge in [0.05, 0.1) is 18.8 Å². The highest BCUT2D eigenvalue weighted by molar-refractivity contribution is 7.98. The summed E-state index contributed by atoms with van der Waals surface area (Å²) in [4.78, 5) is 13.5. The zero-order valence-electron chi connectivity index (χ0n) is 12.5. The number of hydrogen-bond donors (Lipinski definition) is 1. The molecule has 0 radical (unpaired) electrons. The molecule has 0 aliphatic rings. The van der Waals surface area contributed by atoms with E-state index >= 15 is 0 Å². The van der Waals surface area contributed by atoms with E-state index in [2.05, 4.69) is 29.5 Å². The van der Waals surface area contributed by atoms with E-state index in [0.717, 1.165) is 4.90 Å². The number of benzene rings is 1. The van der Waals surface area contributed by atoms with E-state index in [9.17, 15) is 4.79 Å². The second kappa shape index (κ2) is 7.26. The van der Waals surface area contributed by atoms with Crippen LogP contribution in [0.5, 0.6) is 0 Å². The Hall–Kier alpha value is -1.82. The number of rotatable bonds is 6. The highest BCUT2D eigenvalue weighted by Crippen LogP contribution is 2.16. The van der Waals surface area contributed by atoms with Crippen molar-refractivity contribution in [3.8, 4) is 0 Å². The Morgan fingerprint density at radius 1 is 1.43 bits per heavy atom. The van der Waals surface area contributed by atoms with Crippen LogP contribution in [0, 0.1) is 5.92 Å². The van der Waals surface area contributed by atoms with E-state index in [4.69, 9.17) is 0 Å². The zero-order valence-corrected chi connectivity index (χ0v) is 13.3. The van der Waals surface area contributed by atoms with E-state index in [1.807, 2.05) is 30.5 Å². The summed E-state index contributed by atoms with van der Waals surface area (Å²) in [6.45, 7) is 4.78. The molecule has 0 saturated heterocycles. The fourth-order valence-electron chi connectivity index (χ4n) is 1.97. The Balaban J connectivity index is 2.07. The molecule has 2 rings (SSSR count). The van der Waals surface area contributed by atoms with Gasteiger partial charge in [-0.05, 0) is 30.4 Å². The summed E-state index contributed by atoms with van der Waals surface area (Å²) >= 11 is 1.63. The molecular weight excluding hydrogens is 284 g/mol. The Morgan fingerprint density at radius 3 is 2.86 bits per heavy atom. The lowest BCUT2D eigenvalue weighted by Gasteiger charge is -2.22. The number of carbonyl (C=O) groups is 1. The molecule has 1 aromatic heterocycles. The first kappa shape index (κ1) is 15.6. The first-order valence-corrected chi connectivity index (χ1v) is 8.11. The van der Waals surface area contributed by atoms with Crippen molar-refractivity contribution in [1.82, 2.24) is 20.3 Å². The second-order valence-electron chi connectivity index (χ2n) is 5.18. The van der Waals surface area contributed by atoms with Gasteiger partial charge in [0.1, 0.15) is 0 Å². The van der Waals surface area contributed by atoms with Crippen molar-refractivity contribution in [3.05, 3.63) is 42.2 Å². The molecular formula is C15H20N4OS. The molecule has 1 aromatic carbocycles. The molecule has 2 aromatic rings. The molecule has 0 aliphatic heterocycles. The Kier molecular flexibility index (Phi) is 5.38. The molecule has 0 saturated carbocycles. The summed E-state index contributed by atoms with van der Waals surface area (Å²) in [6, 6.07) is 7.66. The summed E-state index contributed by atoms with van der Waals surface area (Å²) in [6.07, 6.45) is 5.44. The number of amides is 1. The monoisotopic (exact) mass is 304 g/mol. The molecule has 6 heteroatoms. The van der Waals surface area contributed by atoms with Crippen molar-refractivity contribution < 1.29 is 4.79 Å². The Labute approximate surface area is 129 Å². The average Bonchev–Trinajstić information content (AvgIpc) is 2.99. The van der Waals surface area contributed by atoms with Gasteiger partial charge in [-0.3, -0.25) is 9.48 Å². The van der Waals surface area contributed by atoms with Crippen LogP contribution in [0.1, 0.15) is 24.2 Å². The van der Waals surface area contributed by atoms with Gasteiger partial charge in [0.25, 0.3) is 5.91 Å². The lowest BCUT2D eigenvalue weighted by atomic mass is 10.0. The second-order valence-corrected chi connectivity index (χ2v) is 6.06. The summed E-state index contributed by atoms with van der Waals surface area (Å²) in [5, 5.41) is 10.8. The third-order valence-corrected chi connectivity index (χ3v) is 4.03. The summed E-state index contributed by atoms with van der Waals surface area (Å²) in [5.41, 5.74) is 0.686. The lowest BCUT2D eigenvalue weighted by molar-refractivity contribution is 0.0919. The molecule has 21 heavy (non-hydrogen) atoms. The third kappa shape index (κ3) is 4.32. The van der Waals surface area contributed by atoms with Gasteiger partial charge in [-0.25, -0.2) is 0 Å². The molecule has 1 N–H and O–H groups in total. The minimum atomic E-state index is -0.0512. The highest BCUT2D eigenvalue weighted by Gasteiger charge is 2.18. The van der Waals surface area contributed by atoms with E-state index in [1.165, 1.54) is 0 Å². The number of carbonyl (C=O) groups excluding carboxylic acids is 1. The van der Waals surface area contributed by atoms with E-state index in [0.29, 0.717) is 18.0 Å². The predicted octanol–water partition coefficient (Wildman–Crippen LogP) is 2.45. The maximum atomic E-state index is 12.4. The average molecular weight is 304 g/mol. The van der Waals surface area contributed by atoms with E-state index < -0.39 is 0 Å². The molecule has 0 unspecified atom stereocenters. The van der Waals surface area contributed by atoms with Crippen molar-refractivity contribution in [1.29, 1.82) is 0 Å². The maximum Gasteiger partial charge on any atom is 0.251 e. The first-order valence-electron chi connectivity index (χ1n) is 6.89. The van der Waals surface area contributed by atoms with Crippen molar-refractivity contribution in [3.63, 3.8) is 0 Å². The Morgan fingerprint density at radius 2 is 2.24 bits per heavy atom. The molecule has 1 amide bonds. The standard InChI is InChI=1S/C15H20N4OS/c1-11(2)14(10-19-8-7-16-18-19)17-15(20)12-5-4-6-13(9-12)21-3/h4-9,11,14H,10H2,1-3H3,(H,17,20)/t14-/m1/s1. The number of hydrogen-bond acceptors (Lipinski definition) is 4. The first-order chi connectivity index (χ1) is 10.1. The minimum Gasteiger partial charge on any atom is -0.347 e. The molecule has 112 valence electrons. The van der Waals surface area contributed by atoms with E-state index in [-0.39, 0.29) is 11.9 Å². The van der Waals surface area contributed by atoms with Gasteiger partial charge in [0.15, 0.2) is 0 Å². The third-order valence-electron chi connectivity index (χ3n) is 3.31. The zero-order chi connectivity index (χ0) is 15.2. The number of aromatic nitrogens is 3. The van der Waals surface area contributed by atoms with Gasteiger partial charge < -0.3 is 5.32 Å². The molecule has 1 atom stereocenters. The largest absolute Gasteiger partial charge is 0.347 e. The van der Waals surface area contributed by atoms with E-state index in [1.54, 1.807) is 28.8 Å². The van der Waals surface area contributed by atoms with Crippen LogP contribution in [0.15, 0.2) is 41.6 Å². The van der Waals surface area contributed by atoms with Crippen LogP contribution < -0.4 is 5.32 Å². The number of thioether (sulfide) groups is 1. The highest BCUT2D eigenvalue weighted by atomic mass is 32.2. The summed E-state index contributed by atoms with van der Waals surface area (Å²) in [7, 11) is 0. The number of nitrogens with one attached hydrogen (secondary N) is 1. The Bertz CT molecular complexity index is 583. The van der Waals surface area contributed by atoms with Crippen molar-refractivity contribution in [2.75, 3.05) is 6.26 Å². The molecule has 0 fully saturated rings. The minimum absolute atomic E-state index is 0.0112. The van der Waals surface area contributed by atoms with Crippen molar-refractivity contribution in [2.24, 2.45) is 5.92 Å². The normalized spacial score (nSPS) is 12.4. The summed E-state index contributed by atoms with van der Waals surface area (Å²) < 4.78 is 1.74. The SMILES string of the molecule is CSc1cccc(C(=O)N[C@H](Cn2ccnn2)C(C)C)c1. The van der Waals surface area contributed by atoms with Gasteiger partial charge in [0, 0.05) is 16.7 Å². The molecule has 5 nitrogen and oxygen atoms in total. The molecule has 1 heterocycles. The van der Waals surface area contributed by atoms with Crippen LogP contribution in [0.4, 0.5) is 0 Å². The van der Waals surface area contributed by atoms with Crippen LogP contribution in [-0.4, -0.2) is 33.2 Å². The van der Waals surface area contributed by atoms with Gasteiger partial charge in [-0.1, -0.05) is 25.1 Å². The predicted molar refractivity (Wildman–Crippen MR) is 84.3 cm³/mol. The maximum absolute atomic E-state index is 12.4. The van der Waals surface area contributed by atoms with Crippen molar-refractivity contribution in [2.45, 2.75) is 31.3 Å². The van der Waals surface area contributed by atoms with Gasteiger partial charge in [0.2, 0.25) is 0 Å². The molecule has 0 aliphatic carbocycles. The van der Waals surface area contributed by atoms with Crippen LogP contribution in [0.2, 0.25) is 0 Å². The van der Waals surface area contributed by atoms with Gasteiger partial charge >= 0.3 is 0 Å². The quantitative estimate of drug-likeness (QED) is 0.833. The fourth-order valence-corrected chi connectivity index (χ4v) is 2.43. The van der Waals surface area contributed by atoms with Gasteiger partial charge in [-0.15, -0.1) is 16.9 Å². The van der Waals surface area contributed by atoms with Crippen LogP contribution in [0.3, 0.4) is 0 Å². The van der Waals surface area contributed by atoms with Crippen molar-refractivity contribution >= 4 is 17.7 Å². The van der Waals surface area contributed by atoms with Gasteiger partial charge in [-0.2, -0.15) is 0 Å². The van der Waals surface area contributed by atoms with Crippen LogP contribution >= 0.6 is 11.8 Å². The molecule has 0 bridgehead atoms. The fraction of sp³-hybridized carbons (Fsp3) is 0.400. The smallest absolute Gasteiger partial charge is 0.251 e. The van der Waals surface area contributed by atoms with Crippen LogP contribution in [0.25, 0.3) is 0 Å².